The van der Waals surface area contributed by atoms with Gasteiger partial charge in [0.05, 0.1) is 70.5 Å². The summed E-state index contributed by atoms with van der Waals surface area (Å²) in [6.07, 6.45) is 5.96. The van der Waals surface area contributed by atoms with Crippen molar-refractivity contribution < 1.29 is 28.4 Å². The van der Waals surface area contributed by atoms with Crippen LogP contribution in [-0.2, 0) is 28.4 Å². The van der Waals surface area contributed by atoms with E-state index in [1.54, 1.807) is 7.11 Å². The third-order valence-electron chi connectivity index (χ3n) is 18.8. The molecule has 11 aliphatic rings. The van der Waals surface area contributed by atoms with Crippen molar-refractivity contribution in [3.8, 4) is 6.07 Å². The molecule has 0 aromatic heterocycles. The first kappa shape index (κ1) is 79.9. The number of nitriles is 1. The number of hydrogen-bond donors (Lipinski definition) is 0. The fourth-order valence-corrected chi connectivity index (χ4v) is 14.6. The molecule has 16 heteroatoms. The molecule has 0 saturated carbocycles. The number of nitrogens with zero attached hydrogens (tertiary/aromatic N) is 10. The molecule has 11 fully saturated rings. The van der Waals surface area contributed by atoms with Crippen LogP contribution in [0.1, 0.15) is 136 Å². The zero-order valence-electron chi connectivity index (χ0n) is 61.3. The highest BCUT2D eigenvalue weighted by molar-refractivity contribution is 4.98. The van der Waals surface area contributed by atoms with Crippen molar-refractivity contribution in [1.29, 1.82) is 5.26 Å². The van der Waals surface area contributed by atoms with Gasteiger partial charge >= 0.3 is 0 Å². The largest absolute Gasteiger partial charge is 0.381 e. The van der Waals surface area contributed by atoms with E-state index < -0.39 is 0 Å². The lowest BCUT2D eigenvalue weighted by Crippen LogP contribution is -2.57. The highest BCUT2D eigenvalue weighted by atomic mass is 16.5. The van der Waals surface area contributed by atoms with Crippen molar-refractivity contribution in [2.75, 3.05) is 218 Å². The van der Waals surface area contributed by atoms with Gasteiger partial charge in [-0.15, -0.1) is 0 Å². The second-order valence-corrected chi connectivity index (χ2v) is 32.5. The Hall–Kier alpha value is -1.58. The Balaban J connectivity index is 0.000000218. The van der Waals surface area contributed by atoms with Crippen LogP contribution < -0.4 is 0 Å². The summed E-state index contributed by atoms with van der Waals surface area (Å²) < 4.78 is 31.8. The number of hydrogen-bond acceptors (Lipinski definition) is 15. The molecule has 0 aromatic rings. The molecule has 0 aliphatic carbocycles. The minimum Gasteiger partial charge on any atom is -0.381 e. The van der Waals surface area contributed by atoms with E-state index in [1.807, 2.05) is 14.2 Å². The Morgan fingerprint density at radius 1 is 0.427 bits per heavy atom. The van der Waals surface area contributed by atoms with E-state index in [1.165, 1.54) is 117 Å². The van der Waals surface area contributed by atoms with E-state index in [9.17, 15) is 0 Å². The van der Waals surface area contributed by atoms with Crippen molar-refractivity contribution in [1.82, 2.24) is 39.2 Å². The van der Waals surface area contributed by atoms with Crippen LogP contribution in [0.4, 0.5) is 0 Å². The molecule has 11 heterocycles. The topological polar surface area (TPSA) is 109 Å². The predicted molar refractivity (Wildman–Crippen MR) is 369 cm³/mol. The second kappa shape index (κ2) is 42.8. The molecule has 16 nitrogen and oxygen atoms in total. The summed E-state index contributed by atoms with van der Waals surface area (Å²) in [5.74, 6) is 10.5. The van der Waals surface area contributed by atoms with Gasteiger partial charge in [0, 0.05) is 202 Å². The maximum atomic E-state index is 8.40. The number of ether oxygens (including phenoxy) is 6. The maximum absolute atomic E-state index is 8.40. The van der Waals surface area contributed by atoms with E-state index in [2.05, 4.69) is 161 Å². The molecule has 2 unspecified atom stereocenters. The molecule has 4 atom stereocenters. The zero-order valence-corrected chi connectivity index (χ0v) is 61.3. The van der Waals surface area contributed by atoms with Crippen LogP contribution in [0.3, 0.4) is 0 Å². The summed E-state index contributed by atoms with van der Waals surface area (Å²) in [6.45, 7) is 77.9. The molecule has 0 radical (unpaired) electrons. The quantitative estimate of drug-likeness (QED) is 0.102. The van der Waals surface area contributed by atoms with Crippen LogP contribution in [0.5, 0.6) is 0 Å². The number of likely N-dealkylation sites (tertiary alicyclic amines) is 8. The SMILES string of the molecule is CC(C)CN1CC(C2COC2)C1.CC(C)CN1CC(CC#N)C1.CC(C)CN1CC2(CCOC2)C1.CC(C)CN1CC2COCC2C1.COC1CN(CC(C)C)C1.CO[C@@H]1CCN(CC(C)C)C1.CO[C@H]1CCN(CC(C)C)C1.[C-]#[N+]C1CN(CC(C)C)C1. The Morgan fingerprint density at radius 2 is 0.764 bits per heavy atom. The molecule has 0 aromatic carbocycles. The molecular formula is C73H142N10O6. The van der Waals surface area contributed by atoms with Gasteiger partial charge in [0.25, 0.3) is 0 Å². The lowest BCUT2D eigenvalue weighted by Gasteiger charge is -2.48. The maximum Gasteiger partial charge on any atom is 0.248 e. The zero-order chi connectivity index (χ0) is 65.6. The predicted octanol–water partition coefficient (Wildman–Crippen LogP) is 10.2. The summed E-state index contributed by atoms with van der Waals surface area (Å²) >= 11 is 0. The minimum absolute atomic E-state index is 0.304. The van der Waals surface area contributed by atoms with Crippen LogP contribution in [0.25, 0.3) is 4.85 Å². The summed E-state index contributed by atoms with van der Waals surface area (Å²) in [4.78, 5) is 23.3. The normalized spacial score (nSPS) is 26.2. The first-order valence-corrected chi connectivity index (χ1v) is 36.2. The molecule has 0 amide bonds. The van der Waals surface area contributed by atoms with Gasteiger partial charge in [0.1, 0.15) is 0 Å². The van der Waals surface area contributed by atoms with Gasteiger partial charge in [-0.2, -0.15) is 5.26 Å². The Kier molecular flexibility index (Phi) is 38.4. The number of methoxy groups -OCH3 is 3. The van der Waals surface area contributed by atoms with E-state index in [0.717, 1.165) is 176 Å². The summed E-state index contributed by atoms with van der Waals surface area (Å²) in [5, 5.41) is 8.40. The van der Waals surface area contributed by atoms with E-state index in [0.29, 0.717) is 35.7 Å². The summed E-state index contributed by atoms with van der Waals surface area (Å²) in [6, 6.07) is 2.52. The number of fused-ring (bicyclic) bond motifs is 1. The van der Waals surface area contributed by atoms with Crippen molar-refractivity contribution in [3.63, 3.8) is 0 Å². The average Bonchev–Trinajstić information content (AvgIpc) is 1.98. The van der Waals surface area contributed by atoms with Crippen molar-refractivity contribution >= 4 is 0 Å². The minimum atomic E-state index is 0.304. The van der Waals surface area contributed by atoms with E-state index in [-0.39, 0.29) is 0 Å². The molecule has 11 rings (SSSR count). The molecule has 0 bridgehead atoms. The van der Waals surface area contributed by atoms with Gasteiger partial charge in [-0.3, -0.25) is 9.80 Å². The van der Waals surface area contributed by atoms with Crippen LogP contribution in [0, 0.1) is 100 Å². The first-order chi connectivity index (χ1) is 42.3. The highest BCUT2D eigenvalue weighted by Crippen LogP contribution is 2.38. The van der Waals surface area contributed by atoms with E-state index in [4.69, 9.17) is 40.3 Å². The number of rotatable bonds is 21. The standard InChI is InChI=1S/3C10H19NO.C9H16N2.2C9H19NO.C8H14N2.C8H17NO/c1-8(2)3-11-4-9-6-12-7-10(9)5-11;1-8(2)3-11-4-9(5-11)10-6-12-7-10;1-9(2)5-11-6-10(7-11)3-4-12-8-10;1-8(2)5-11-6-9(7-11)3-4-10;2*1-8(2)6-10-5-4-9(7-10)11-3;1-7(2)4-10-5-8(6-10)9-3;1-7(2)4-9-5-8(6-9)10-3/h2*8-10H,3-7H2,1-2H3;9H,3-8H2,1-2H3;8-9H,3,5-7H2,1-2H3;2*8-9H,4-7H2,1-3H3;7-8H,4-6H2,1-2H3;7-8H,4-6H2,1-3H3/t;;;;2*9-;;/m....10../s1. The average molecular weight is 1260 g/mol. The van der Waals surface area contributed by atoms with Crippen molar-refractivity contribution in [2.24, 2.45) is 82.3 Å². The van der Waals surface area contributed by atoms with Crippen LogP contribution in [-0.4, -0.2) is 282 Å². The van der Waals surface area contributed by atoms with Gasteiger partial charge < -0.3 is 62.7 Å². The molecule has 1 spiro atoms. The van der Waals surface area contributed by atoms with Crippen LogP contribution in [0.2, 0.25) is 0 Å². The molecule has 11 saturated heterocycles. The lowest BCUT2D eigenvalue weighted by molar-refractivity contribution is -0.0995. The van der Waals surface area contributed by atoms with Gasteiger partial charge in [-0.05, 0) is 78.4 Å². The van der Waals surface area contributed by atoms with Crippen molar-refractivity contribution in [3.05, 3.63) is 11.4 Å². The Labute approximate surface area is 549 Å². The fraction of sp³-hybridized carbons (Fsp3) is 0.973. The second-order valence-electron chi connectivity index (χ2n) is 32.5. The van der Waals surface area contributed by atoms with E-state index >= 15 is 0 Å². The third-order valence-corrected chi connectivity index (χ3v) is 18.8. The Morgan fingerprint density at radius 3 is 1.10 bits per heavy atom. The summed E-state index contributed by atoms with van der Waals surface area (Å²) in [5.41, 5.74) is 0.578. The van der Waals surface area contributed by atoms with Gasteiger partial charge in [0.15, 0.2) is 0 Å². The van der Waals surface area contributed by atoms with Gasteiger partial charge in [-0.25, -0.2) is 6.57 Å². The van der Waals surface area contributed by atoms with Crippen molar-refractivity contribution in [2.45, 2.75) is 161 Å². The molecule has 520 valence electrons. The highest BCUT2D eigenvalue weighted by Gasteiger charge is 2.45. The van der Waals surface area contributed by atoms with Crippen LogP contribution >= 0.6 is 0 Å². The molecule has 11 aliphatic heterocycles. The molecule has 89 heavy (non-hydrogen) atoms. The monoisotopic (exact) mass is 1260 g/mol. The lowest BCUT2D eigenvalue weighted by atomic mass is 9.79. The van der Waals surface area contributed by atoms with Gasteiger partial charge in [-0.1, -0.05) is 111 Å². The van der Waals surface area contributed by atoms with Gasteiger partial charge in [0.2, 0.25) is 6.04 Å². The third kappa shape index (κ3) is 32.1. The Bertz CT molecular complexity index is 1830. The smallest absolute Gasteiger partial charge is 0.248 e. The summed E-state index contributed by atoms with van der Waals surface area (Å²) in [7, 11) is 5.41. The van der Waals surface area contributed by atoms with Crippen LogP contribution in [0.15, 0.2) is 0 Å². The first-order valence-electron chi connectivity index (χ1n) is 36.2. The fourth-order valence-electron chi connectivity index (χ4n) is 14.6. The molecular weight excluding hydrogens is 1110 g/mol. The molecule has 0 N–H and O–H groups in total.